The van der Waals surface area contributed by atoms with Gasteiger partial charge in [-0.25, -0.2) is 4.98 Å². The lowest BCUT2D eigenvalue weighted by molar-refractivity contribution is 0.0582. The number of aromatic amines is 1. The predicted molar refractivity (Wildman–Crippen MR) is 120 cm³/mol. The summed E-state index contributed by atoms with van der Waals surface area (Å²) >= 11 is 0. The fourth-order valence-corrected chi connectivity index (χ4v) is 3.83. The Morgan fingerprint density at radius 3 is 2.36 bits per heavy atom. The van der Waals surface area contributed by atoms with Gasteiger partial charge in [-0.05, 0) is 25.1 Å². The van der Waals surface area contributed by atoms with Gasteiger partial charge in [0.2, 0.25) is 11.6 Å². The van der Waals surface area contributed by atoms with Crippen molar-refractivity contribution in [2.45, 2.75) is 25.9 Å². The second-order valence-electron chi connectivity index (χ2n) is 7.63. The molecule has 1 aromatic carbocycles. The smallest absolute Gasteiger partial charge is 0.271 e. The highest BCUT2D eigenvalue weighted by Crippen LogP contribution is 2.40. The quantitative estimate of drug-likeness (QED) is 0.581. The molecule has 1 aliphatic rings. The number of amides is 1. The van der Waals surface area contributed by atoms with Crippen LogP contribution in [0, 0.1) is 6.92 Å². The van der Waals surface area contributed by atoms with Crippen LogP contribution < -0.4 is 18.9 Å². The standard InChI is InChI=1S/C23H27N5O5/c1-14-24-8-5-21(25-14)33-16-6-9-28(10-7-16)23(29)18-13-17(26-27-18)15-11-19(30-2)22(32-4)20(12-15)31-3/h5,8,11-13,16H,6-7,9-10H2,1-4H3,(H,26,27). The van der Waals surface area contributed by atoms with Crippen molar-refractivity contribution in [1.82, 2.24) is 25.1 Å². The van der Waals surface area contributed by atoms with Gasteiger partial charge in [0.1, 0.15) is 17.6 Å². The Labute approximate surface area is 191 Å². The number of aromatic nitrogens is 4. The van der Waals surface area contributed by atoms with Crippen molar-refractivity contribution in [3.63, 3.8) is 0 Å². The van der Waals surface area contributed by atoms with Gasteiger partial charge in [0.15, 0.2) is 11.5 Å². The Hall–Kier alpha value is -3.82. The highest BCUT2D eigenvalue weighted by molar-refractivity contribution is 5.93. The molecular weight excluding hydrogens is 426 g/mol. The van der Waals surface area contributed by atoms with Crippen molar-refractivity contribution in [3.8, 4) is 34.4 Å². The first-order chi connectivity index (χ1) is 16.0. The van der Waals surface area contributed by atoms with E-state index in [0.717, 1.165) is 18.4 Å². The number of methoxy groups -OCH3 is 3. The summed E-state index contributed by atoms with van der Waals surface area (Å²) in [6.45, 7) is 3.00. The SMILES string of the molecule is COc1cc(-c2cc(C(=O)N3CCC(Oc4ccnc(C)n4)CC3)[nH]n2)cc(OC)c1OC. The third-order valence-corrected chi connectivity index (χ3v) is 5.54. The summed E-state index contributed by atoms with van der Waals surface area (Å²) in [4.78, 5) is 23.2. The van der Waals surface area contributed by atoms with Gasteiger partial charge in [0.05, 0.1) is 27.0 Å². The van der Waals surface area contributed by atoms with Gasteiger partial charge in [0, 0.05) is 43.8 Å². The minimum absolute atomic E-state index is 0.0138. The molecule has 0 saturated carbocycles. The maximum atomic E-state index is 13.0. The number of aryl methyl sites for hydroxylation is 1. The molecule has 10 heteroatoms. The fraction of sp³-hybridized carbons (Fsp3) is 0.391. The van der Waals surface area contributed by atoms with Gasteiger partial charge in [0.25, 0.3) is 5.91 Å². The zero-order chi connectivity index (χ0) is 23.4. The van der Waals surface area contributed by atoms with Crippen molar-refractivity contribution in [2.24, 2.45) is 0 Å². The van der Waals surface area contributed by atoms with Gasteiger partial charge in [-0.2, -0.15) is 10.1 Å². The molecule has 0 unspecified atom stereocenters. The molecule has 0 aliphatic carbocycles. The molecule has 0 atom stereocenters. The molecular formula is C23H27N5O5. The molecule has 33 heavy (non-hydrogen) atoms. The second-order valence-corrected chi connectivity index (χ2v) is 7.63. The number of likely N-dealkylation sites (tertiary alicyclic amines) is 1. The molecule has 0 radical (unpaired) electrons. The third kappa shape index (κ3) is 4.84. The molecule has 1 N–H and O–H groups in total. The molecule has 3 aromatic rings. The maximum absolute atomic E-state index is 13.0. The van der Waals surface area contributed by atoms with Gasteiger partial charge in [-0.15, -0.1) is 0 Å². The number of piperidine rings is 1. The number of nitrogens with zero attached hydrogens (tertiary/aromatic N) is 4. The molecule has 174 valence electrons. The van der Waals surface area contributed by atoms with Crippen molar-refractivity contribution < 1.29 is 23.7 Å². The molecule has 1 saturated heterocycles. The number of hydrogen-bond acceptors (Lipinski definition) is 8. The van der Waals surface area contributed by atoms with Crippen LogP contribution in [0.1, 0.15) is 29.2 Å². The molecule has 1 aliphatic heterocycles. The van der Waals surface area contributed by atoms with E-state index < -0.39 is 0 Å². The fourth-order valence-electron chi connectivity index (χ4n) is 3.83. The average Bonchev–Trinajstić information content (AvgIpc) is 3.33. The van der Waals surface area contributed by atoms with Crippen molar-refractivity contribution in [2.75, 3.05) is 34.4 Å². The van der Waals surface area contributed by atoms with Crippen LogP contribution in [0.5, 0.6) is 23.1 Å². The number of rotatable bonds is 7. The minimum Gasteiger partial charge on any atom is -0.493 e. The van der Waals surface area contributed by atoms with E-state index in [4.69, 9.17) is 18.9 Å². The molecule has 3 heterocycles. The number of carbonyl (C=O) groups is 1. The molecule has 0 spiro atoms. The van der Waals surface area contributed by atoms with E-state index >= 15 is 0 Å². The zero-order valence-corrected chi connectivity index (χ0v) is 19.1. The van der Waals surface area contributed by atoms with Crippen LogP contribution in [0.25, 0.3) is 11.3 Å². The Bertz CT molecular complexity index is 1100. The minimum atomic E-state index is -0.0995. The number of hydrogen-bond donors (Lipinski definition) is 1. The topological polar surface area (TPSA) is 112 Å². The Balaban J connectivity index is 1.42. The second kappa shape index (κ2) is 9.76. The van der Waals surface area contributed by atoms with Crippen molar-refractivity contribution in [1.29, 1.82) is 0 Å². The zero-order valence-electron chi connectivity index (χ0n) is 19.1. The van der Waals surface area contributed by atoms with Crippen LogP contribution in [-0.4, -0.2) is 71.5 Å². The normalized spacial score (nSPS) is 14.1. The summed E-state index contributed by atoms with van der Waals surface area (Å²) in [7, 11) is 4.66. The summed E-state index contributed by atoms with van der Waals surface area (Å²) < 4.78 is 22.1. The van der Waals surface area contributed by atoms with Crippen molar-refractivity contribution >= 4 is 5.91 Å². The number of H-pyrrole nitrogens is 1. The van der Waals surface area contributed by atoms with Gasteiger partial charge < -0.3 is 23.8 Å². The van der Waals surface area contributed by atoms with E-state index in [1.165, 1.54) is 0 Å². The number of benzene rings is 1. The number of ether oxygens (including phenoxy) is 4. The van der Waals surface area contributed by atoms with Crippen LogP contribution in [0.15, 0.2) is 30.5 Å². The van der Waals surface area contributed by atoms with Crippen LogP contribution >= 0.6 is 0 Å². The molecule has 2 aromatic heterocycles. The molecule has 0 bridgehead atoms. The third-order valence-electron chi connectivity index (χ3n) is 5.54. The molecule has 10 nitrogen and oxygen atoms in total. The molecule has 4 rings (SSSR count). The first-order valence-electron chi connectivity index (χ1n) is 10.6. The lowest BCUT2D eigenvalue weighted by Crippen LogP contribution is -2.42. The first kappa shape index (κ1) is 22.4. The largest absolute Gasteiger partial charge is 0.493 e. The van der Waals surface area contributed by atoms with Crippen LogP contribution in [0.2, 0.25) is 0 Å². The van der Waals surface area contributed by atoms with E-state index in [-0.39, 0.29) is 12.0 Å². The van der Waals surface area contributed by atoms with Gasteiger partial charge >= 0.3 is 0 Å². The predicted octanol–water partition coefficient (Wildman–Crippen LogP) is 2.88. The summed E-state index contributed by atoms with van der Waals surface area (Å²) in [5.41, 5.74) is 1.77. The number of nitrogens with one attached hydrogen (secondary N) is 1. The van der Waals surface area contributed by atoms with Crippen LogP contribution in [0.4, 0.5) is 0 Å². The molecule has 1 fully saturated rings. The molecule has 1 amide bonds. The summed E-state index contributed by atoms with van der Waals surface area (Å²) in [6, 6.07) is 7.07. The van der Waals surface area contributed by atoms with Gasteiger partial charge in [-0.3, -0.25) is 9.89 Å². The summed E-state index contributed by atoms with van der Waals surface area (Å²) in [5.74, 6) is 2.67. The van der Waals surface area contributed by atoms with Crippen molar-refractivity contribution in [3.05, 3.63) is 42.0 Å². The summed E-state index contributed by atoms with van der Waals surface area (Å²) in [5, 5.41) is 7.18. The van der Waals surface area contributed by atoms with E-state index in [1.807, 2.05) is 6.92 Å². The van der Waals surface area contributed by atoms with Crippen LogP contribution in [-0.2, 0) is 0 Å². The van der Waals surface area contributed by atoms with E-state index in [1.54, 1.807) is 56.7 Å². The van der Waals surface area contributed by atoms with E-state index in [2.05, 4.69) is 20.2 Å². The first-order valence-corrected chi connectivity index (χ1v) is 10.6. The van der Waals surface area contributed by atoms with E-state index in [0.29, 0.717) is 53.4 Å². The van der Waals surface area contributed by atoms with Crippen LogP contribution in [0.3, 0.4) is 0 Å². The Morgan fingerprint density at radius 2 is 1.76 bits per heavy atom. The Morgan fingerprint density at radius 1 is 1.06 bits per heavy atom. The van der Waals surface area contributed by atoms with E-state index in [9.17, 15) is 4.79 Å². The number of carbonyl (C=O) groups excluding carboxylic acids is 1. The lowest BCUT2D eigenvalue weighted by atomic mass is 10.1. The lowest BCUT2D eigenvalue weighted by Gasteiger charge is -2.31. The van der Waals surface area contributed by atoms with Gasteiger partial charge in [-0.1, -0.05) is 0 Å². The average molecular weight is 453 g/mol. The highest BCUT2D eigenvalue weighted by atomic mass is 16.5. The summed E-state index contributed by atoms with van der Waals surface area (Å²) in [6.07, 6.45) is 3.14. The highest BCUT2D eigenvalue weighted by Gasteiger charge is 2.26. The maximum Gasteiger partial charge on any atom is 0.271 e. The Kier molecular flexibility index (Phi) is 6.62. The monoisotopic (exact) mass is 453 g/mol.